The van der Waals surface area contributed by atoms with E-state index in [2.05, 4.69) is 10.6 Å². The van der Waals surface area contributed by atoms with Crippen LogP contribution >= 0.6 is 0 Å². The molecule has 1 heterocycles. The lowest BCUT2D eigenvalue weighted by Crippen LogP contribution is -2.44. The predicted molar refractivity (Wildman–Crippen MR) is 122 cm³/mol. The van der Waals surface area contributed by atoms with Gasteiger partial charge in [-0.2, -0.15) is 13.2 Å². The van der Waals surface area contributed by atoms with Crippen LogP contribution in [0.2, 0.25) is 0 Å². The van der Waals surface area contributed by atoms with Gasteiger partial charge in [0.05, 0.1) is 0 Å². The fourth-order valence-electron chi connectivity index (χ4n) is 3.09. The Morgan fingerprint density at radius 3 is 2.40 bits per heavy atom. The van der Waals surface area contributed by atoms with Crippen LogP contribution in [0, 0.1) is 6.92 Å². The molecule has 0 fully saturated rings. The Morgan fingerprint density at radius 1 is 1.09 bits per heavy atom. The number of hydrogen-bond acceptors (Lipinski definition) is 6. The largest absolute Gasteiger partial charge is 0.471 e. The molecule has 2 aromatic rings. The summed E-state index contributed by atoms with van der Waals surface area (Å²) in [6.45, 7) is 6.64. The molecule has 35 heavy (non-hydrogen) atoms. The smallest absolute Gasteiger partial charge is 0.436 e. The topological polar surface area (TPSA) is 127 Å². The normalized spacial score (nSPS) is 12.7. The van der Waals surface area contributed by atoms with E-state index < -0.39 is 41.4 Å². The third-order valence-electron chi connectivity index (χ3n) is 4.67. The summed E-state index contributed by atoms with van der Waals surface area (Å²) in [5, 5.41) is 7.59. The minimum Gasteiger partial charge on any atom is -0.436 e. The first-order chi connectivity index (χ1) is 16.2. The number of alkyl halides is 3. The summed E-state index contributed by atoms with van der Waals surface area (Å²) in [7, 11) is 0. The highest BCUT2D eigenvalue weighted by atomic mass is 19.4. The van der Waals surface area contributed by atoms with Gasteiger partial charge in [0.1, 0.15) is 5.58 Å². The van der Waals surface area contributed by atoms with Crippen molar-refractivity contribution in [2.45, 2.75) is 64.8 Å². The molecule has 0 unspecified atom stereocenters. The van der Waals surface area contributed by atoms with Crippen LogP contribution in [0.25, 0.3) is 11.0 Å². The lowest BCUT2D eigenvalue weighted by Gasteiger charge is -2.23. The van der Waals surface area contributed by atoms with Crippen molar-refractivity contribution in [2.75, 3.05) is 11.9 Å². The molecule has 192 valence electrons. The SMILES string of the molecule is Cc1cc(=O)oc2cc(NC(=O)[C@H](CCCCNC(=O)C(F)(F)F)OC(=O)NC(C)(C)C)ccc12. The van der Waals surface area contributed by atoms with Gasteiger partial charge in [0.15, 0.2) is 6.10 Å². The third-order valence-corrected chi connectivity index (χ3v) is 4.67. The number of halogens is 3. The molecule has 3 amide bonds. The van der Waals surface area contributed by atoms with Crippen molar-refractivity contribution in [2.24, 2.45) is 0 Å². The van der Waals surface area contributed by atoms with Crippen LogP contribution in [0.4, 0.5) is 23.7 Å². The molecule has 0 saturated heterocycles. The van der Waals surface area contributed by atoms with E-state index in [1.807, 2.05) is 0 Å². The van der Waals surface area contributed by atoms with Gasteiger partial charge in [-0.15, -0.1) is 0 Å². The zero-order chi connectivity index (χ0) is 26.4. The summed E-state index contributed by atoms with van der Waals surface area (Å²) in [5.74, 6) is -2.73. The van der Waals surface area contributed by atoms with Gasteiger partial charge in [0.2, 0.25) is 0 Å². The van der Waals surface area contributed by atoms with E-state index in [1.54, 1.807) is 45.1 Å². The molecule has 0 bridgehead atoms. The number of anilines is 1. The van der Waals surface area contributed by atoms with Gasteiger partial charge < -0.3 is 25.1 Å². The first kappa shape index (κ1) is 27.7. The molecule has 0 spiro atoms. The first-order valence-electron chi connectivity index (χ1n) is 10.8. The number of carbonyl (C=O) groups excluding carboxylic acids is 3. The van der Waals surface area contributed by atoms with Crippen LogP contribution in [0.5, 0.6) is 0 Å². The van der Waals surface area contributed by atoms with Crippen LogP contribution in [-0.2, 0) is 14.3 Å². The number of hydrogen-bond donors (Lipinski definition) is 3. The lowest BCUT2D eigenvalue weighted by atomic mass is 10.1. The van der Waals surface area contributed by atoms with Gasteiger partial charge in [-0.3, -0.25) is 9.59 Å². The molecule has 0 aliphatic heterocycles. The van der Waals surface area contributed by atoms with Crippen LogP contribution in [-0.4, -0.2) is 42.3 Å². The van der Waals surface area contributed by atoms with Crippen LogP contribution in [0.15, 0.2) is 33.5 Å². The highest BCUT2D eigenvalue weighted by molar-refractivity contribution is 5.97. The number of amides is 3. The molecule has 1 atom stereocenters. The Bertz CT molecular complexity index is 1140. The molecule has 12 heteroatoms. The molecule has 0 aliphatic carbocycles. The van der Waals surface area contributed by atoms with Crippen molar-refractivity contribution in [1.29, 1.82) is 0 Å². The van der Waals surface area contributed by atoms with Gasteiger partial charge in [-0.25, -0.2) is 9.59 Å². The van der Waals surface area contributed by atoms with E-state index in [-0.39, 0.29) is 31.4 Å². The molecule has 1 aromatic heterocycles. The highest BCUT2D eigenvalue weighted by Gasteiger charge is 2.38. The summed E-state index contributed by atoms with van der Waals surface area (Å²) < 4.78 is 47.2. The Labute approximate surface area is 199 Å². The average Bonchev–Trinajstić information content (AvgIpc) is 2.69. The Morgan fingerprint density at radius 2 is 1.77 bits per heavy atom. The fourth-order valence-corrected chi connectivity index (χ4v) is 3.09. The number of aryl methyl sites for hydroxylation is 1. The van der Waals surface area contributed by atoms with Gasteiger partial charge in [-0.05, 0) is 64.7 Å². The molecule has 0 aliphatic rings. The van der Waals surface area contributed by atoms with E-state index in [9.17, 15) is 32.3 Å². The van der Waals surface area contributed by atoms with Crippen molar-refractivity contribution in [3.05, 3.63) is 40.2 Å². The Kier molecular flexibility index (Phi) is 8.88. The molecular formula is C23H28F3N3O6. The van der Waals surface area contributed by atoms with Crippen LogP contribution in [0.3, 0.4) is 0 Å². The maximum absolute atomic E-state index is 12.9. The van der Waals surface area contributed by atoms with Crippen molar-refractivity contribution < 1.29 is 36.7 Å². The molecule has 1 aromatic carbocycles. The van der Waals surface area contributed by atoms with E-state index in [1.165, 1.54) is 12.1 Å². The number of alkyl carbamates (subject to hydrolysis) is 1. The average molecular weight is 499 g/mol. The number of benzene rings is 1. The summed E-state index contributed by atoms with van der Waals surface area (Å²) in [6.07, 6.45) is -6.79. The van der Waals surface area contributed by atoms with E-state index >= 15 is 0 Å². The van der Waals surface area contributed by atoms with Crippen molar-refractivity contribution in [3.63, 3.8) is 0 Å². The van der Waals surface area contributed by atoms with Gasteiger partial charge in [0, 0.05) is 35.3 Å². The predicted octanol–water partition coefficient (Wildman–Crippen LogP) is 3.78. The van der Waals surface area contributed by atoms with Gasteiger partial charge in [-0.1, -0.05) is 0 Å². The molecule has 0 radical (unpaired) electrons. The maximum Gasteiger partial charge on any atom is 0.471 e. The standard InChI is InChI=1S/C23H28F3N3O6/c1-13-11-18(30)34-17-12-14(8-9-15(13)17)28-19(31)16(35-21(33)29-22(2,3)4)7-5-6-10-27-20(32)23(24,25)26/h8-9,11-12,16H,5-7,10H2,1-4H3,(H,27,32)(H,28,31)(H,29,33)/t16-/m0/s1. The number of rotatable bonds is 8. The van der Waals surface area contributed by atoms with E-state index in [4.69, 9.17) is 9.15 Å². The van der Waals surface area contributed by atoms with Gasteiger partial charge in [0.25, 0.3) is 5.91 Å². The zero-order valence-corrected chi connectivity index (χ0v) is 19.8. The molecule has 2 rings (SSSR count). The lowest BCUT2D eigenvalue weighted by molar-refractivity contribution is -0.173. The van der Waals surface area contributed by atoms with Crippen LogP contribution in [0.1, 0.15) is 45.6 Å². The Hall–Kier alpha value is -3.57. The monoisotopic (exact) mass is 499 g/mol. The molecule has 3 N–H and O–H groups in total. The second-order valence-electron chi connectivity index (χ2n) is 8.97. The summed E-state index contributed by atoms with van der Waals surface area (Å²) in [4.78, 5) is 47.6. The van der Waals surface area contributed by atoms with E-state index in [0.29, 0.717) is 16.6 Å². The van der Waals surface area contributed by atoms with Crippen molar-refractivity contribution in [1.82, 2.24) is 10.6 Å². The minimum atomic E-state index is -4.98. The molecule has 0 saturated carbocycles. The number of unbranched alkanes of at least 4 members (excludes halogenated alkanes) is 1. The number of ether oxygens (including phenoxy) is 1. The third kappa shape index (κ3) is 8.95. The van der Waals surface area contributed by atoms with Crippen molar-refractivity contribution in [3.8, 4) is 0 Å². The maximum atomic E-state index is 12.9. The molecular weight excluding hydrogens is 471 g/mol. The highest BCUT2D eigenvalue weighted by Crippen LogP contribution is 2.21. The van der Waals surface area contributed by atoms with Crippen LogP contribution < -0.4 is 21.6 Å². The Balaban J connectivity index is 2.07. The second-order valence-corrected chi connectivity index (χ2v) is 8.97. The quantitative estimate of drug-likeness (QED) is 0.375. The summed E-state index contributed by atoms with van der Waals surface area (Å²) in [6, 6.07) is 6.05. The minimum absolute atomic E-state index is 0.00689. The summed E-state index contributed by atoms with van der Waals surface area (Å²) in [5.41, 5.74) is 0.0749. The number of carbonyl (C=O) groups is 3. The number of nitrogens with one attached hydrogen (secondary N) is 3. The number of fused-ring (bicyclic) bond motifs is 1. The second kappa shape index (κ2) is 11.2. The van der Waals surface area contributed by atoms with Gasteiger partial charge >= 0.3 is 23.8 Å². The first-order valence-corrected chi connectivity index (χ1v) is 10.8. The van der Waals surface area contributed by atoms with Crippen molar-refractivity contribution >= 4 is 34.6 Å². The molecule has 9 nitrogen and oxygen atoms in total. The fraction of sp³-hybridized carbons (Fsp3) is 0.478. The van der Waals surface area contributed by atoms with E-state index in [0.717, 1.165) is 0 Å². The summed E-state index contributed by atoms with van der Waals surface area (Å²) >= 11 is 0. The zero-order valence-electron chi connectivity index (χ0n) is 19.8.